The van der Waals surface area contributed by atoms with Gasteiger partial charge in [0.2, 0.25) is 0 Å². The van der Waals surface area contributed by atoms with Crippen molar-refractivity contribution in [3.8, 4) is 5.75 Å². The van der Waals surface area contributed by atoms with Crippen LogP contribution in [0.1, 0.15) is 11.1 Å². The maximum Gasteiger partial charge on any atom is 0.265 e. The Hall–Kier alpha value is -3.03. The molecule has 3 aromatic carbocycles. The van der Waals surface area contributed by atoms with Crippen molar-refractivity contribution in [2.45, 2.75) is 6.61 Å². The summed E-state index contributed by atoms with van der Waals surface area (Å²) in [6.07, 6.45) is 1.54. The maximum absolute atomic E-state index is 12.3. The zero-order chi connectivity index (χ0) is 21.3. The molecule has 1 N–H and O–H groups in total. The van der Waals surface area contributed by atoms with Crippen LogP contribution >= 0.6 is 28.1 Å². The number of nitrogens with one attached hydrogen (secondary N) is 1. The molecule has 1 heterocycles. The molecule has 1 fully saturated rings. The first-order valence-electron chi connectivity index (χ1n) is 9.18. The highest BCUT2D eigenvalue weighted by atomic mass is 79.9. The van der Waals surface area contributed by atoms with Gasteiger partial charge in [0.05, 0.1) is 4.47 Å². The van der Waals surface area contributed by atoms with Gasteiger partial charge in [-0.1, -0.05) is 48.5 Å². The van der Waals surface area contributed by atoms with Crippen LogP contribution in [0.5, 0.6) is 5.75 Å². The van der Waals surface area contributed by atoms with E-state index in [1.807, 2.05) is 24.3 Å². The molecule has 0 aliphatic carbocycles. The summed E-state index contributed by atoms with van der Waals surface area (Å²) in [6, 6.07) is 19.7. The van der Waals surface area contributed by atoms with E-state index in [4.69, 9.17) is 17.0 Å². The molecule has 0 unspecified atom stereocenters. The van der Waals surface area contributed by atoms with E-state index < -0.39 is 11.8 Å². The second-order valence-corrected chi connectivity index (χ2v) is 8.04. The number of halogens is 1. The van der Waals surface area contributed by atoms with Crippen molar-refractivity contribution in [1.82, 2.24) is 10.2 Å². The molecule has 1 aliphatic heterocycles. The molecule has 0 saturated carbocycles. The van der Waals surface area contributed by atoms with Gasteiger partial charge in [-0.3, -0.25) is 19.8 Å². The van der Waals surface area contributed by atoms with Gasteiger partial charge in [-0.15, -0.1) is 0 Å². The van der Waals surface area contributed by atoms with Crippen molar-refractivity contribution in [2.75, 3.05) is 7.05 Å². The minimum atomic E-state index is -0.504. The molecule has 150 valence electrons. The molecule has 5 nitrogen and oxygen atoms in total. The van der Waals surface area contributed by atoms with Gasteiger partial charge in [0.1, 0.15) is 17.9 Å². The van der Waals surface area contributed by atoms with Crippen LogP contribution in [0.3, 0.4) is 0 Å². The molecule has 30 heavy (non-hydrogen) atoms. The predicted octanol–water partition coefficient (Wildman–Crippen LogP) is 4.44. The average molecular weight is 481 g/mol. The van der Waals surface area contributed by atoms with Crippen LogP contribution < -0.4 is 10.1 Å². The number of carbonyl (C=O) groups is 2. The fourth-order valence-corrected chi connectivity index (χ4v) is 3.90. The SMILES string of the molecule is CN1C(=O)/C(=C/c2ccc(OCc3cccc4ccccc34)c(Br)c2)C(=O)NC1=S. The Morgan fingerprint density at radius 1 is 1.10 bits per heavy atom. The molecule has 3 aromatic rings. The van der Waals surface area contributed by atoms with Crippen molar-refractivity contribution in [3.05, 3.63) is 81.8 Å². The lowest BCUT2D eigenvalue weighted by Gasteiger charge is -2.25. The van der Waals surface area contributed by atoms with Crippen molar-refractivity contribution in [3.63, 3.8) is 0 Å². The number of ether oxygens (including phenoxy) is 1. The Kier molecular flexibility index (Phi) is 5.65. The Morgan fingerprint density at radius 3 is 2.67 bits per heavy atom. The molecule has 1 aliphatic rings. The summed E-state index contributed by atoms with van der Waals surface area (Å²) in [4.78, 5) is 25.7. The van der Waals surface area contributed by atoms with E-state index in [1.165, 1.54) is 23.4 Å². The molecule has 0 radical (unpaired) electrons. The number of rotatable bonds is 4. The number of thiocarbonyl (C=S) groups is 1. The third-order valence-electron chi connectivity index (χ3n) is 4.83. The van der Waals surface area contributed by atoms with Gasteiger partial charge in [-0.2, -0.15) is 0 Å². The standard InChI is InChI=1S/C23H17BrN2O3S/c1-26-22(28)18(21(27)25-23(26)30)11-14-9-10-20(19(24)12-14)29-13-16-7-4-6-15-5-2-3-8-17(15)16/h2-12H,13H2,1H3,(H,25,27,30)/b18-11+. The first-order valence-corrected chi connectivity index (χ1v) is 10.4. The first kappa shape index (κ1) is 20.3. The summed E-state index contributed by atoms with van der Waals surface area (Å²) in [5, 5.41) is 4.92. The Bertz CT molecular complexity index is 1220. The van der Waals surface area contributed by atoms with E-state index in [0.29, 0.717) is 17.9 Å². The molecule has 2 amide bonds. The van der Waals surface area contributed by atoms with Crippen molar-refractivity contribution in [1.29, 1.82) is 0 Å². The molecule has 4 rings (SSSR count). The zero-order valence-electron chi connectivity index (χ0n) is 16.0. The summed E-state index contributed by atoms with van der Waals surface area (Å²) in [7, 11) is 1.53. The summed E-state index contributed by atoms with van der Waals surface area (Å²) in [5.74, 6) is -0.269. The van der Waals surface area contributed by atoms with E-state index in [9.17, 15) is 9.59 Å². The number of amides is 2. The molecule has 7 heteroatoms. The molecule has 0 bridgehead atoms. The van der Waals surface area contributed by atoms with Crippen LogP contribution in [0, 0.1) is 0 Å². The van der Waals surface area contributed by atoms with Crippen LogP contribution in [0.2, 0.25) is 0 Å². The van der Waals surface area contributed by atoms with Crippen molar-refractivity contribution in [2.24, 2.45) is 0 Å². The van der Waals surface area contributed by atoms with Gasteiger partial charge in [-0.25, -0.2) is 0 Å². The van der Waals surface area contributed by atoms with Crippen LogP contribution in [0.15, 0.2) is 70.7 Å². The van der Waals surface area contributed by atoms with E-state index in [-0.39, 0.29) is 10.7 Å². The van der Waals surface area contributed by atoms with Crippen molar-refractivity contribution >= 4 is 61.9 Å². The van der Waals surface area contributed by atoms with Gasteiger partial charge >= 0.3 is 0 Å². The number of benzene rings is 3. The molecule has 0 atom stereocenters. The second kappa shape index (κ2) is 8.38. The van der Waals surface area contributed by atoms with E-state index in [1.54, 1.807) is 18.2 Å². The summed E-state index contributed by atoms with van der Waals surface area (Å²) < 4.78 is 6.74. The lowest BCUT2D eigenvalue weighted by Crippen LogP contribution is -2.52. The Labute approximate surface area is 187 Å². The fraction of sp³-hybridized carbons (Fsp3) is 0.0870. The van der Waals surface area contributed by atoms with Gasteiger partial charge in [0.25, 0.3) is 11.8 Å². The Morgan fingerprint density at radius 2 is 1.87 bits per heavy atom. The van der Waals surface area contributed by atoms with Crippen LogP contribution in [-0.2, 0) is 16.2 Å². The normalized spacial score (nSPS) is 15.6. The largest absolute Gasteiger partial charge is 0.488 e. The number of hydrogen-bond donors (Lipinski definition) is 1. The van der Waals surface area contributed by atoms with Gasteiger partial charge in [0, 0.05) is 7.05 Å². The third kappa shape index (κ3) is 3.99. The maximum atomic E-state index is 12.3. The first-order chi connectivity index (χ1) is 14.4. The summed E-state index contributed by atoms with van der Waals surface area (Å²) in [6.45, 7) is 0.420. The molecule has 0 spiro atoms. The number of nitrogens with zero attached hydrogens (tertiary/aromatic N) is 1. The number of fused-ring (bicyclic) bond motifs is 1. The highest BCUT2D eigenvalue weighted by Crippen LogP contribution is 2.29. The quantitative estimate of drug-likeness (QED) is 0.340. The molecular weight excluding hydrogens is 464 g/mol. The topological polar surface area (TPSA) is 58.6 Å². The van der Waals surface area contributed by atoms with Gasteiger partial charge < -0.3 is 4.74 Å². The molecular formula is C23H17BrN2O3S. The average Bonchev–Trinajstić information content (AvgIpc) is 2.74. The monoisotopic (exact) mass is 480 g/mol. The second-order valence-electron chi connectivity index (χ2n) is 6.80. The van der Waals surface area contributed by atoms with Gasteiger partial charge in [0.15, 0.2) is 5.11 Å². The minimum absolute atomic E-state index is 0.0300. The highest BCUT2D eigenvalue weighted by Gasteiger charge is 2.30. The Balaban J connectivity index is 1.54. The van der Waals surface area contributed by atoms with Crippen LogP contribution in [0.25, 0.3) is 16.8 Å². The van der Waals surface area contributed by atoms with Crippen molar-refractivity contribution < 1.29 is 14.3 Å². The van der Waals surface area contributed by atoms with Gasteiger partial charge in [-0.05, 0) is 68.3 Å². The zero-order valence-corrected chi connectivity index (χ0v) is 18.4. The summed E-state index contributed by atoms with van der Waals surface area (Å²) in [5.41, 5.74) is 1.82. The smallest absolute Gasteiger partial charge is 0.265 e. The van der Waals surface area contributed by atoms with E-state index >= 15 is 0 Å². The molecule has 1 saturated heterocycles. The third-order valence-corrected chi connectivity index (χ3v) is 5.83. The predicted molar refractivity (Wildman–Crippen MR) is 124 cm³/mol. The lowest BCUT2D eigenvalue weighted by atomic mass is 10.1. The van der Waals surface area contributed by atoms with Crippen LogP contribution in [0.4, 0.5) is 0 Å². The van der Waals surface area contributed by atoms with E-state index in [0.717, 1.165) is 15.4 Å². The lowest BCUT2D eigenvalue weighted by molar-refractivity contribution is -0.128. The van der Waals surface area contributed by atoms with E-state index in [2.05, 4.69) is 39.4 Å². The molecule has 0 aromatic heterocycles. The number of carbonyl (C=O) groups excluding carboxylic acids is 2. The van der Waals surface area contributed by atoms with Crippen LogP contribution in [-0.4, -0.2) is 28.9 Å². The summed E-state index contributed by atoms with van der Waals surface area (Å²) >= 11 is 8.47. The fourth-order valence-electron chi connectivity index (χ4n) is 3.21. The number of hydrogen-bond acceptors (Lipinski definition) is 4. The number of likely N-dealkylation sites (N-methyl/N-ethyl adjacent to an activating group) is 1. The minimum Gasteiger partial charge on any atom is -0.488 e. The highest BCUT2D eigenvalue weighted by molar-refractivity contribution is 9.10.